The molecule has 0 saturated heterocycles. The molecule has 4 aromatic rings. The number of hydrogen-bond donors (Lipinski definition) is 0. The van der Waals surface area contributed by atoms with Gasteiger partial charge in [0.05, 0.1) is 12.9 Å². The van der Waals surface area contributed by atoms with Gasteiger partial charge in [-0.15, -0.1) is 10.2 Å². The van der Waals surface area contributed by atoms with Gasteiger partial charge in [-0.3, -0.25) is 9.36 Å². The van der Waals surface area contributed by atoms with Gasteiger partial charge in [0.2, 0.25) is 5.91 Å². The number of hydrogen-bond acceptors (Lipinski definition) is 5. The maximum absolute atomic E-state index is 12.9. The molecule has 7 heteroatoms. The van der Waals surface area contributed by atoms with Crippen LogP contribution in [0.5, 0.6) is 5.75 Å². The first-order valence-corrected chi connectivity index (χ1v) is 11.6. The molecule has 1 aromatic heterocycles. The summed E-state index contributed by atoms with van der Waals surface area (Å²) in [5, 5.41) is 9.52. The molecule has 0 unspecified atom stereocenters. The highest BCUT2D eigenvalue weighted by Crippen LogP contribution is 2.29. The van der Waals surface area contributed by atoms with E-state index in [0.717, 1.165) is 28.4 Å². The fraction of sp³-hybridized carbons (Fsp3) is 0.192. The van der Waals surface area contributed by atoms with Crippen molar-refractivity contribution in [3.8, 4) is 22.8 Å². The third-order valence-corrected chi connectivity index (χ3v) is 6.33. The Labute approximate surface area is 198 Å². The Hall–Kier alpha value is -3.58. The molecular formula is C26H26N4O2S. The highest BCUT2D eigenvalue weighted by atomic mass is 32.2. The number of nitrogens with zero attached hydrogens (tertiary/aromatic N) is 4. The zero-order chi connectivity index (χ0) is 23.2. The zero-order valence-electron chi connectivity index (χ0n) is 18.9. The second-order valence-corrected chi connectivity index (χ2v) is 8.61. The summed E-state index contributed by atoms with van der Waals surface area (Å²) in [6, 6.07) is 25.8. The molecule has 1 amide bonds. The van der Waals surface area contributed by atoms with Gasteiger partial charge in [-0.1, -0.05) is 66.4 Å². The number of amides is 1. The van der Waals surface area contributed by atoms with Crippen LogP contribution in [0, 0.1) is 6.92 Å². The molecule has 0 fully saturated rings. The normalized spacial score (nSPS) is 10.8. The van der Waals surface area contributed by atoms with E-state index in [-0.39, 0.29) is 11.7 Å². The molecule has 0 atom stereocenters. The number of aryl methyl sites for hydroxylation is 1. The molecule has 168 valence electrons. The molecule has 0 radical (unpaired) electrons. The van der Waals surface area contributed by atoms with Crippen molar-refractivity contribution in [3.63, 3.8) is 0 Å². The van der Waals surface area contributed by atoms with E-state index in [4.69, 9.17) is 4.74 Å². The fourth-order valence-corrected chi connectivity index (χ4v) is 4.36. The van der Waals surface area contributed by atoms with Crippen LogP contribution in [0.2, 0.25) is 0 Å². The molecule has 0 aliphatic carbocycles. The number of benzene rings is 3. The van der Waals surface area contributed by atoms with Gasteiger partial charge in [-0.25, -0.2) is 0 Å². The largest absolute Gasteiger partial charge is 0.497 e. The van der Waals surface area contributed by atoms with Crippen molar-refractivity contribution in [3.05, 3.63) is 90.0 Å². The first kappa shape index (κ1) is 22.6. The molecule has 0 N–H and O–H groups in total. The first-order chi connectivity index (χ1) is 16.1. The summed E-state index contributed by atoms with van der Waals surface area (Å²) in [5.74, 6) is 1.80. The minimum Gasteiger partial charge on any atom is -0.497 e. The van der Waals surface area contributed by atoms with Crippen LogP contribution in [0.3, 0.4) is 0 Å². The van der Waals surface area contributed by atoms with E-state index in [2.05, 4.69) is 29.3 Å². The third kappa shape index (κ3) is 5.26. The number of ether oxygens (including phenoxy) is 1. The molecule has 0 bridgehead atoms. The Morgan fingerprint density at radius 3 is 2.36 bits per heavy atom. The lowest BCUT2D eigenvalue weighted by atomic mass is 10.1. The molecule has 0 spiro atoms. The Morgan fingerprint density at radius 2 is 1.67 bits per heavy atom. The summed E-state index contributed by atoms with van der Waals surface area (Å²) >= 11 is 1.39. The average molecular weight is 459 g/mol. The standard InChI is InChI=1S/C26H26N4O2S/c1-19-9-7-8-12-21(19)17-29(2)24(31)18-33-26-28-27-25(20-10-5-4-6-11-20)30(26)22-13-15-23(32-3)16-14-22/h4-16H,17-18H2,1-3H3. The van der Waals surface area contributed by atoms with Gasteiger partial charge in [0.25, 0.3) is 0 Å². The zero-order valence-corrected chi connectivity index (χ0v) is 19.7. The molecule has 4 rings (SSSR count). The maximum Gasteiger partial charge on any atom is 0.233 e. The summed E-state index contributed by atoms with van der Waals surface area (Å²) in [5.41, 5.74) is 4.18. The Kier molecular flexibility index (Phi) is 7.10. The number of aromatic nitrogens is 3. The minimum atomic E-state index is 0.0359. The van der Waals surface area contributed by atoms with Gasteiger partial charge >= 0.3 is 0 Å². The van der Waals surface area contributed by atoms with Gasteiger partial charge in [-0.05, 0) is 42.3 Å². The van der Waals surface area contributed by atoms with E-state index in [1.165, 1.54) is 17.3 Å². The van der Waals surface area contributed by atoms with Crippen molar-refractivity contribution >= 4 is 17.7 Å². The fourth-order valence-electron chi connectivity index (χ4n) is 3.47. The Morgan fingerprint density at radius 1 is 0.970 bits per heavy atom. The first-order valence-electron chi connectivity index (χ1n) is 10.6. The van der Waals surface area contributed by atoms with Gasteiger partial charge in [0.15, 0.2) is 11.0 Å². The lowest BCUT2D eigenvalue weighted by Crippen LogP contribution is -2.28. The predicted molar refractivity (Wildman–Crippen MR) is 132 cm³/mol. The summed E-state index contributed by atoms with van der Waals surface area (Å²) in [7, 11) is 3.47. The monoisotopic (exact) mass is 458 g/mol. The molecule has 1 heterocycles. The number of methoxy groups -OCH3 is 1. The van der Waals surface area contributed by atoms with Crippen LogP contribution in [0.1, 0.15) is 11.1 Å². The number of thioether (sulfide) groups is 1. The van der Waals surface area contributed by atoms with Crippen molar-refractivity contribution < 1.29 is 9.53 Å². The lowest BCUT2D eigenvalue weighted by Gasteiger charge is -2.18. The van der Waals surface area contributed by atoms with E-state index in [9.17, 15) is 4.79 Å². The van der Waals surface area contributed by atoms with E-state index in [1.807, 2.05) is 78.3 Å². The van der Waals surface area contributed by atoms with Crippen LogP contribution >= 0.6 is 11.8 Å². The number of carbonyl (C=O) groups is 1. The van der Waals surface area contributed by atoms with E-state index < -0.39 is 0 Å². The van der Waals surface area contributed by atoms with Crippen LogP contribution in [-0.4, -0.2) is 45.5 Å². The Bertz CT molecular complexity index is 1220. The van der Waals surface area contributed by atoms with Crippen LogP contribution in [0.25, 0.3) is 17.1 Å². The third-order valence-electron chi connectivity index (χ3n) is 5.42. The maximum atomic E-state index is 12.9. The second-order valence-electron chi connectivity index (χ2n) is 7.67. The van der Waals surface area contributed by atoms with Crippen molar-refractivity contribution in [1.82, 2.24) is 19.7 Å². The van der Waals surface area contributed by atoms with Crippen LogP contribution in [-0.2, 0) is 11.3 Å². The second kappa shape index (κ2) is 10.4. The average Bonchev–Trinajstić information content (AvgIpc) is 3.28. The van der Waals surface area contributed by atoms with E-state index in [1.54, 1.807) is 12.0 Å². The summed E-state index contributed by atoms with van der Waals surface area (Å²) < 4.78 is 7.28. The topological polar surface area (TPSA) is 60.2 Å². The molecule has 3 aromatic carbocycles. The minimum absolute atomic E-state index is 0.0359. The highest BCUT2D eigenvalue weighted by Gasteiger charge is 2.19. The molecule has 0 saturated carbocycles. The molecular weight excluding hydrogens is 432 g/mol. The smallest absolute Gasteiger partial charge is 0.233 e. The SMILES string of the molecule is COc1ccc(-n2c(SCC(=O)N(C)Cc3ccccc3C)nnc2-c2ccccc2)cc1. The molecule has 0 aliphatic rings. The number of carbonyl (C=O) groups excluding carboxylic acids is 1. The molecule has 33 heavy (non-hydrogen) atoms. The lowest BCUT2D eigenvalue weighted by molar-refractivity contribution is -0.127. The van der Waals surface area contributed by atoms with Gasteiger partial charge < -0.3 is 9.64 Å². The van der Waals surface area contributed by atoms with E-state index >= 15 is 0 Å². The van der Waals surface area contributed by atoms with Crippen molar-refractivity contribution in [1.29, 1.82) is 0 Å². The highest BCUT2D eigenvalue weighted by molar-refractivity contribution is 7.99. The van der Waals surface area contributed by atoms with Gasteiger partial charge in [-0.2, -0.15) is 0 Å². The number of rotatable bonds is 8. The van der Waals surface area contributed by atoms with Crippen molar-refractivity contribution in [2.45, 2.75) is 18.6 Å². The Balaban J connectivity index is 1.56. The summed E-state index contributed by atoms with van der Waals surface area (Å²) in [4.78, 5) is 14.6. The quantitative estimate of drug-likeness (QED) is 0.348. The van der Waals surface area contributed by atoms with Crippen LogP contribution in [0.15, 0.2) is 84.0 Å². The summed E-state index contributed by atoms with van der Waals surface area (Å²) in [6.45, 7) is 2.64. The van der Waals surface area contributed by atoms with Gasteiger partial charge in [0, 0.05) is 24.8 Å². The van der Waals surface area contributed by atoms with Crippen LogP contribution in [0.4, 0.5) is 0 Å². The van der Waals surface area contributed by atoms with Crippen molar-refractivity contribution in [2.75, 3.05) is 19.9 Å². The van der Waals surface area contributed by atoms with Gasteiger partial charge in [0.1, 0.15) is 5.75 Å². The molecule has 0 aliphatic heterocycles. The predicted octanol–water partition coefficient (Wildman–Crippen LogP) is 5.00. The molecule has 6 nitrogen and oxygen atoms in total. The van der Waals surface area contributed by atoms with Crippen LogP contribution < -0.4 is 4.74 Å². The summed E-state index contributed by atoms with van der Waals surface area (Å²) in [6.07, 6.45) is 0. The van der Waals surface area contributed by atoms with Crippen molar-refractivity contribution in [2.24, 2.45) is 0 Å². The van der Waals surface area contributed by atoms with E-state index in [0.29, 0.717) is 11.7 Å².